The quantitative estimate of drug-likeness (QED) is 0.150. The second-order valence-corrected chi connectivity index (χ2v) is 19.9. The summed E-state index contributed by atoms with van der Waals surface area (Å²) in [6.07, 6.45) is 16.1. The highest BCUT2D eigenvalue weighted by Gasteiger charge is 2.54. The van der Waals surface area contributed by atoms with Gasteiger partial charge in [-0.25, -0.2) is 4.79 Å². The molecule has 1 aliphatic heterocycles. The Morgan fingerprint density at radius 2 is 1.13 bits per heavy atom. The van der Waals surface area contributed by atoms with E-state index in [4.69, 9.17) is 23.7 Å². The van der Waals surface area contributed by atoms with Gasteiger partial charge in [-0.05, 0) is 174 Å². The lowest BCUT2D eigenvalue weighted by molar-refractivity contribution is -0.196. The monoisotopic (exact) mass is 747 g/mol. The molecule has 9 heteroatoms. The molecule has 6 aliphatic carbocycles. The van der Waals surface area contributed by atoms with Crippen LogP contribution in [0.1, 0.15) is 179 Å². The van der Waals surface area contributed by atoms with E-state index in [0.29, 0.717) is 12.5 Å². The minimum Gasteiger partial charge on any atom is -0.465 e. The number of fused-ring (bicyclic) bond motifs is 1. The molecule has 4 bridgehead atoms. The first-order valence-corrected chi connectivity index (χ1v) is 21.2. The summed E-state index contributed by atoms with van der Waals surface area (Å²) in [6, 6.07) is 0. The fraction of sp³-hybridized carbons (Fsp3) is 0.909. The molecule has 7 fully saturated rings. The van der Waals surface area contributed by atoms with E-state index in [-0.39, 0.29) is 58.1 Å². The van der Waals surface area contributed by atoms with Crippen molar-refractivity contribution in [3.63, 3.8) is 0 Å². The molecule has 0 aromatic rings. The number of rotatable bonds is 11. The number of esters is 3. The van der Waals surface area contributed by atoms with Crippen LogP contribution in [-0.4, -0.2) is 54.1 Å². The Hall–Kier alpha value is -2.32. The lowest BCUT2D eigenvalue weighted by Gasteiger charge is -2.56. The Bertz CT molecular complexity index is 1240. The first-order chi connectivity index (χ1) is 24.7. The number of carbonyl (C=O) groups is 4. The van der Waals surface area contributed by atoms with Crippen LogP contribution in [0.4, 0.5) is 4.79 Å². The van der Waals surface area contributed by atoms with Crippen molar-refractivity contribution >= 4 is 24.1 Å². The van der Waals surface area contributed by atoms with E-state index in [9.17, 15) is 19.2 Å². The van der Waals surface area contributed by atoms with Crippen LogP contribution in [-0.2, 0) is 38.1 Å². The molecule has 6 saturated carbocycles. The van der Waals surface area contributed by atoms with E-state index in [2.05, 4.69) is 20.8 Å². The number of hydrogen-bond donors (Lipinski definition) is 0. The number of carbonyl (C=O) groups excluding carboxylic acids is 4. The molecular formula is C44H74O9. The molecule has 7 aliphatic rings. The lowest BCUT2D eigenvalue weighted by atomic mass is 9.54. The molecule has 0 aromatic carbocycles. The molecule has 3 atom stereocenters. The molecule has 3 unspecified atom stereocenters. The van der Waals surface area contributed by atoms with Crippen molar-refractivity contribution in [1.29, 1.82) is 0 Å². The van der Waals surface area contributed by atoms with Crippen molar-refractivity contribution in [2.75, 3.05) is 6.61 Å². The second-order valence-electron chi connectivity index (χ2n) is 19.9. The fourth-order valence-electron chi connectivity index (χ4n) is 9.28. The summed E-state index contributed by atoms with van der Waals surface area (Å²) in [4.78, 5) is 47.4. The maximum atomic E-state index is 12.4. The zero-order chi connectivity index (χ0) is 39.4. The Kier molecular flexibility index (Phi) is 14.1. The smallest absolute Gasteiger partial charge is 0.465 e. The molecule has 0 spiro atoms. The molecule has 9 nitrogen and oxygen atoms in total. The van der Waals surface area contributed by atoms with Crippen LogP contribution >= 0.6 is 0 Å². The highest BCUT2D eigenvalue weighted by atomic mass is 16.8. The zero-order valence-electron chi connectivity index (χ0n) is 35.2. The van der Waals surface area contributed by atoms with Crippen LogP contribution in [0.3, 0.4) is 0 Å². The SMILES string of the molecule is CCC(C)(C)C(=O)OC1(C(C)C)CCCC1.CCC(C)(C)C(=O)OC12CC3CC(CC(C3)C1)C2.CCC(C)(C)C(=O)OCC1CCC2OC(=O)OC2C1. The van der Waals surface area contributed by atoms with Gasteiger partial charge in [0.1, 0.15) is 23.4 Å². The van der Waals surface area contributed by atoms with Crippen LogP contribution in [0.25, 0.3) is 0 Å². The number of ether oxygens (including phenoxy) is 5. The van der Waals surface area contributed by atoms with Gasteiger partial charge in [-0.3, -0.25) is 14.4 Å². The molecule has 53 heavy (non-hydrogen) atoms. The minimum absolute atomic E-state index is 0.0226. The summed E-state index contributed by atoms with van der Waals surface area (Å²) in [7, 11) is 0. The van der Waals surface area contributed by atoms with Gasteiger partial charge in [0.15, 0.2) is 0 Å². The van der Waals surface area contributed by atoms with E-state index in [1.807, 2.05) is 55.4 Å². The maximum Gasteiger partial charge on any atom is 0.509 e. The first-order valence-electron chi connectivity index (χ1n) is 21.2. The standard InChI is InChI=1S/C16H26O2.C14H22O5.C14H26O2/c1-4-15(2,3)14(17)18-16-8-11-5-12(9-16)7-13(6-11)10-16;1-4-14(2,3)12(15)17-8-9-5-6-10-11(7-9)19-13(16)18-10;1-6-13(4,5)12(15)16-14(11(2)3)9-7-8-10-14/h11-13H,4-10H2,1-3H3;9-11H,4-8H2,1-3H3;11H,6-10H2,1-5H3. The molecule has 7 rings (SSSR count). The molecule has 1 saturated heterocycles. The second kappa shape index (κ2) is 17.2. The van der Waals surface area contributed by atoms with Gasteiger partial charge in [-0.2, -0.15) is 0 Å². The Balaban J connectivity index is 0.000000178. The zero-order valence-corrected chi connectivity index (χ0v) is 35.2. The molecule has 304 valence electrons. The largest absolute Gasteiger partial charge is 0.509 e. The highest BCUT2D eigenvalue weighted by molar-refractivity contribution is 5.77. The van der Waals surface area contributed by atoms with E-state index >= 15 is 0 Å². The molecule has 0 N–H and O–H groups in total. The van der Waals surface area contributed by atoms with Gasteiger partial charge in [0, 0.05) is 0 Å². The minimum atomic E-state index is -0.570. The van der Waals surface area contributed by atoms with E-state index in [1.165, 1.54) is 32.1 Å². The summed E-state index contributed by atoms with van der Waals surface area (Å²) >= 11 is 0. The molecule has 0 amide bonds. The summed E-state index contributed by atoms with van der Waals surface area (Å²) in [5.74, 6) is 3.06. The predicted molar refractivity (Wildman–Crippen MR) is 205 cm³/mol. The van der Waals surface area contributed by atoms with Crippen molar-refractivity contribution in [2.45, 2.75) is 202 Å². The van der Waals surface area contributed by atoms with Crippen LogP contribution in [0.5, 0.6) is 0 Å². The predicted octanol–water partition coefficient (Wildman–Crippen LogP) is 10.5. The third-order valence-corrected chi connectivity index (χ3v) is 14.2. The van der Waals surface area contributed by atoms with Gasteiger partial charge in [0.2, 0.25) is 0 Å². The van der Waals surface area contributed by atoms with Crippen molar-refractivity contribution in [3.8, 4) is 0 Å². The molecular weight excluding hydrogens is 672 g/mol. The average molecular weight is 747 g/mol. The Morgan fingerprint density at radius 3 is 1.60 bits per heavy atom. The third kappa shape index (κ3) is 10.7. The van der Waals surface area contributed by atoms with Gasteiger partial charge in [-0.1, -0.05) is 34.6 Å². The van der Waals surface area contributed by atoms with Gasteiger partial charge < -0.3 is 23.7 Å². The van der Waals surface area contributed by atoms with E-state index in [0.717, 1.165) is 88.4 Å². The molecule has 0 radical (unpaired) electrons. The topological polar surface area (TPSA) is 114 Å². The maximum absolute atomic E-state index is 12.4. The van der Waals surface area contributed by atoms with Gasteiger partial charge in [0.25, 0.3) is 0 Å². The van der Waals surface area contributed by atoms with Gasteiger partial charge in [0.05, 0.1) is 22.9 Å². The Labute approximate surface area is 321 Å². The fourth-order valence-corrected chi connectivity index (χ4v) is 9.28. The number of hydrogen-bond acceptors (Lipinski definition) is 9. The normalized spacial score (nSPS) is 31.2. The van der Waals surface area contributed by atoms with Crippen LogP contribution in [0.15, 0.2) is 0 Å². The van der Waals surface area contributed by atoms with E-state index in [1.54, 1.807) is 0 Å². The Morgan fingerprint density at radius 1 is 0.679 bits per heavy atom. The van der Waals surface area contributed by atoms with Crippen LogP contribution in [0, 0.1) is 45.8 Å². The summed E-state index contributed by atoms with van der Waals surface area (Å²) < 4.78 is 27.5. The van der Waals surface area contributed by atoms with Crippen LogP contribution < -0.4 is 0 Å². The van der Waals surface area contributed by atoms with Crippen molar-refractivity contribution < 1.29 is 42.9 Å². The van der Waals surface area contributed by atoms with Gasteiger partial charge in [-0.15, -0.1) is 0 Å². The molecule has 1 heterocycles. The lowest BCUT2D eigenvalue weighted by Crippen LogP contribution is -2.53. The van der Waals surface area contributed by atoms with Crippen LogP contribution in [0.2, 0.25) is 0 Å². The third-order valence-electron chi connectivity index (χ3n) is 14.2. The van der Waals surface area contributed by atoms with E-state index < -0.39 is 11.6 Å². The van der Waals surface area contributed by atoms with Gasteiger partial charge >= 0.3 is 24.1 Å². The summed E-state index contributed by atoms with van der Waals surface area (Å²) in [5, 5.41) is 0. The van der Waals surface area contributed by atoms with Crippen molar-refractivity contribution in [1.82, 2.24) is 0 Å². The molecule has 0 aromatic heterocycles. The van der Waals surface area contributed by atoms with Crippen molar-refractivity contribution in [3.05, 3.63) is 0 Å². The first kappa shape index (κ1) is 43.4. The summed E-state index contributed by atoms with van der Waals surface area (Å²) in [5.41, 5.74) is -1.34. The highest BCUT2D eigenvalue weighted by Crippen LogP contribution is 2.57. The average Bonchev–Trinajstić information content (AvgIpc) is 3.73. The van der Waals surface area contributed by atoms with Crippen molar-refractivity contribution in [2.24, 2.45) is 45.8 Å². The summed E-state index contributed by atoms with van der Waals surface area (Å²) in [6.45, 7) is 22.6.